The molecule has 0 saturated carbocycles. The SMILES string of the molecule is CCOc1ccccc1NC(=O)CSc1nnnn1-c1ccc(C)cc1. The van der Waals surface area contributed by atoms with Crippen LogP contribution in [0.15, 0.2) is 53.7 Å². The highest BCUT2D eigenvalue weighted by Crippen LogP contribution is 2.24. The number of ether oxygens (including phenoxy) is 1. The maximum atomic E-state index is 12.3. The number of nitrogens with zero attached hydrogens (tertiary/aromatic N) is 4. The number of anilines is 1. The van der Waals surface area contributed by atoms with Crippen LogP contribution in [0.5, 0.6) is 5.75 Å². The van der Waals surface area contributed by atoms with Crippen molar-refractivity contribution in [2.24, 2.45) is 0 Å². The molecule has 0 radical (unpaired) electrons. The normalized spacial score (nSPS) is 10.5. The summed E-state index contributed by atoms with van der Waals surface area (Å²) in [5.74, 6) is 0.686. The first-order chi connectivity index (χ1) is 12.7. The van der Waals surface area contributed by atoms with Gasteiger partial charge in [-0.2, -0.15) is 4.68 Å². The van der Waals surface area contributed by atoms with Crippen molar-refractivity contribution < 1.29 is 9.53 Å². The number of para-hydroxylation sites is 2. The van der Waals surface area contributed by atoms with Gasteiger partial charge in [0, 0.05) is 0 Å². The lowest BCUT2D eigenvalue weighted by Crippen LogP contribution is -2.15. The number of aromatic nitrogens is 4. The van der Waals surface area contributed by atoms with Crippen molar-refractivity contribution in [3.63, 3.8) is 0 Å². The number of thioether (sulfide) groups is 1. The highest BCUT2D eigenvalue weighted by Gasteiger charge is 2.13. The molecule has 0 aliphatic rings. The summed E-state index contributed by atoms with van der Waals surface area (Å²) in [6.45, 7) is 4.45. The van der Waals surface area contributed by atoms with Gasteiger partial charge in [0.2, 0.25) is 11.1 Å². The Bertz CT molecular complexity index is 879. The van der Waals surface area contributed by atoms with Crippen molar-refractivity contribution in [1.29, 1.82) is 0 Å². The van der Waals surface area contributed by atoms with Gasteiger partial charge in [0.05, 0.1) is 23.7 Å². The number of rotatable bonds is 7. The van der Waals surface area contributed by atoms with E-state index in [1.807, 2.05) is 62.4 Å². The number of tetrazole rings is 1. The summed E-state index contributed by atoms with van der Waals surface area (Å²) >= 11 is 1.27. The number of carbonyl (C=O) groups excluding carboxylic acids is 1. The van der Waals surface area contributed by atoms with Crippen LogP contribution in [0.3, 0.4) is 0 Å². The molecular weight excluding hydrogens is 350 g/mol. The van der Waals surface area contributed by atoms with E-state index in [9.17, 15) is 4.79 Å². The predicted molar refractivity (Wildman–Crippen MR) is 101 cm³/mol. The molecule has 0 saturated heterocycles. The Labute approximate surface area is 155 Å². The second kappa shape index (κ2) is 8.48. The molecule has 8 heteroatoms. The number of hydrogen-bond acceptors (Lipinski definition) is 6. The molecule has 2 aromatic carbocycles. The first-order valence-electron chi connectivity index (χ1n) is 8.17. The van der Waals surface area contributed by atoms with Crippen LogP contribution in [-0.2, 0) is 4.79 Å². The van der Waals surface area contributed by atoms with E-state index >= 15 is 0 Å². The molecular formula is C18H19N5O2S. The Hall–Kier alpha value is -2.87. The van der Waals surface area contributed by atoms with E-state index in [4.69, 9.17) is 4.74 Å². The van der Waals surface area contributed by atoms with Gasteiger partial charge >= 0.3 is 0 Å². The number of nitrogens with one attached hydrogen (secondary N) is 1. The highest BCUT2D eigenvalue weighted by molar-refractivity contribution is 7.99. The van der Waals surface area contributed by atoms with E-state index in [-0.39, 0.29) is 11.7 Å². The summed E-state index contributed by atoms with van der Waals surface area (Å²) in [7, 11) is 0. The van der Waals surface area contributed by atoms with Crippen LogP contribution in [-0.4, -0.2) is 38.5 Å². The third-order valence-corrected chi connectivity index (χ3v) is 4.43. The molecule has 1 heterocycles. The average Bonchev–Trinajstić information content (AvgIpc) is 3.11. The van der Waals surface area contributed by atoms with Crippen LogP contribution >= 0.6 is 11.8 Å². The minimum absolute atomic E-state index is 0.152. The molecule has 0 atom stereocenters. The smallest absolute Gasteiger partial charge is 0.234 e. The van der Waals surface area contributed by atoms with Gasteiger partial charge in [0.1, 0.15) is 5.75 Å². The molecule has 3 rings (SSSR count). The first kappa shape index (κ1) is 17.9. The zero-order valence-electron chi connectivity index (χ0n) is 14.5. The second-order valence-corrected chi connectivity index (χ2v) is 6.42. The monoisotopic (exact) mass is 369 g/mol. The van der Waals surface area contributed by atoms with Crippen LogP contribution in [0.4, 0.5) is 5.69 Å². The van der Waals surface area contributed by atoms with Gasteiger partial charge in [-0.15, -0.1) is 5.10 Å². The van der Waals surface area contributed by atoms with E-state index in [1.54, 1.807) is 4.68 Å². The fourth-order valence-electron chi connectivity index (χ4n) is 2.28. The quantitative estimate of drug-likeness (QED) is 0.645. The van der Waals surface area contributed by atoms with Crippen molar-refractivity contribution in [3.05, 3.63) is 54.1 Å². The van der Waals surface area contributed by atoms with Crippen molar-refractivity contribution in [2.45, 2.75) is 19.0 Å². The minimum Gasteiger partial charge on any atom is -0.492 e. The molecule has 0 fully saturated rings. The summed E-state index contributed by atoms with van der Waals surface area (Å²) in [6.07, 6.45) is 0. The van der Waals surface area contributed by atoms with Crippen molar-refractivity contribution in [1.82, 2.24) is 20.2 Å². The number of carbonyl (C=O) groups is 1. The Morgan fingerprint density at radius 2 is 1.96 bits per heavy atom. The van der Waals surface area contributed by atoms with E-state index in [2.05, 4.69) is 20.8 Å². The molecule has 1 amide bonds. The van der Waals surface area contributed by atoms with Gasteiger partial charge in [-0.3, -0.25) is 4.79 Å². The van der Waals surface area contributed by atoms with Crippen LogP contribution in [0.25, 0.3) is 5.69 Å². The number of benzene rings is 2. The van der Waals surface area contributed by atoms with Crippen molar-refractivity contribution in [2.75, 3.05) is 17.7 Å². The molecule has 26 heavy (non-hydrogen) atoms. The second-order valence-electron chi connectivity index (χ2n) is 5.47. The Morgan fingerprint density at radius 1 is 1.19 bits per heavy atom. The summed E-state index contributed by atoms with van der Waals surface area (Å²) < 4.78 is 7.13. The Kier molecular flexibility index (Phi) is 5.85. The molecule has 3 aromatic rings. The van der Waals surface area contributed by atoms with Gasteiger partial charge in [-0.1, -0.05) is 41.6 Å². The lowest BCUT2D eigenvalue weighted by molar-refractivity contribution is -0.113. The lowest BCUT2D eigenvalue weighted by Gasteiger charge is -2.11. The fraction of sp³-hybridized carbons (Fsp3) is 0.222. The Balaban J connectivity index is 1.64. The van der Waals surface area contributed by atoms with E-state index in [1.165, 1.54) is 11.8 Å². The molecule has 1 N–H and O–H groups in total. The first-order valence-corrected chi connectivity index (χ1v) is 9.16. The van der Waals surface area contributed by atoms with Crippen LogP contribution in [0.1, 0.15) is 12.5 Å². The summed E-state index contributed by atoms with van der Waals surface area (Å²) in [6, 6.07) is 15.2. The zero-order chi connectivity index (χ0) is 18.4. The zero-order valence-corrected chi connectivity index (χ0v) is 15.4. The number of hydrogen-bond donors (Lipinski definition) is 1. The molecule has 0 aliphatic heterocycles. The molecule has 0 aliphatic carbocycles. The van der Waals surface area contributed by atoms with Crippen molar-refractivity contribution >= 4 is 23.4 Å². The maximum absolute atomic E-state index is 12.3. The van der Waals surface area contributed by atoms with E-state index < -0.39 is 0 Å². The molecule has 134 valence electrons. The summed E-state index contributed by atoms with van der Waals surface area (Å²) in [5, 5.41) is 15.1. The average molecular weight is 369 g/mol. The predicted octanol–water partition coefficient (Wildman–Crippen LogP) is 3.10. The maximum Gasteiger partial charge on any atom is 0.234 e. The topological polar surface area (TPSA) is 81.9 Å². The van der Waals surface area contributed by atoms with Gasteiger partial charge in [0.25, 0.3) is 0 Å². The summed E-state index contributed by atoms with van der Waals surface area (Å²) in [4.78, 5) is 12.3. The van der Waals surface area contributed by atoms with Gasteiger partial charge in [-0.05, 0) is 48.5 Å². The molecule has 0 unspecified atom stereocenters. The molecule has 0 spiro atoms. The molecule has 1 aromatic heterocycles. The number of amides is 1. The van der Waals surface area contributed by atoms with E-state index in [0.717, 1.165) is 11.3 Å². The molecule has 0 bridgehead atoms. The fourth-order valence-corrected chi connectivity index (χ4v) is 2.98. The van der Waals surface area contributed by atoms with Crippen molar-refractivity contribution in [3.8, 4) is 11.4 Å². The summed E-state index contributed by atoms with van der Waals surface area (Å²) in [5.41, 5.74) is 2.66. The number of aryl methyl sites for hydroxylation is 1. The van der Waals surface area contributed by atoms with E-state index in [0.29, 0.717) is 23.2 Å². The standard InChI is InChI=1S/C18H19N5O2S/c1-3-25-16-7-5-4-6-15(16)19-17(24)12-26-18-20-21-22-23(18)14-10-8-13(2)9-11-14/h4-11H,3,12H2,1-2H3,(H,19,24). The van der Waals surface area contributed by atoms with Crippen LogP contribution < -0.4 is 10.1 Å². The third kappa shape index (κ3) is 4.40. The van der Waals surface area contributed by atoms with Crippen LogP contribution in [0.2, 0.25) is 0 Å². The molecule has 7 nitrogen and oxygen atoms in total. The lowest BCUT2D eigenvalue weighted by atomic mass is 10.2. The highest BCUT2D eigenvalue weighted by atomic mass is 32.2. The van der Waals surface area contributed by atoms with Gasteiger partial charge < -0.3 is 10.1 Å². The minimum atomic E-state index is -0.152. The van der Waals surface area contributed by atoms with Crippen LogP contribution in [0, 0.1) is 6.92 Å². The third-order valence-electron chi connectivity index (χ3n) is 3.51. The van der Waals surface area contributed by atoms with Gasteiger partial charge in [-0.25, -0.2) is 0 Å². The van der Waals surface area contributed by atoms with Gasteiger partial charge in [0.15, 0.2) is 0 Å². The Morgan fingerprint density at radius 3 is 2.73 bits per heavy atom. The largest absolute Gasteiger partial charge is 0.492 e.